The fourth-order valence-corrected chi connectivity index (χ4v) is 2.54. The predicted octanol–water partition coefficient (Wildman–Crippen LogP) is 3.92. The number of carbonyl (C=O) groups excluding carboxylic acids is 1. The van der Waals surface area contributed by atoms with Crippen LogP contribution < -0.4 is 4.74 Å². The van der Waals surface area contributed by atoms with Gasteiger partial charge in [0, 0.05) is 17.1 Å². The Kier molecular flexibility index (Phi) is 5.22. The van der Waals surface area contributed by atoms with Gasteiger partial charge in [-0.15, -0.1) is 0 Å². The van der Waals surface area contributed by atoms with Crippen molar-refractivity contribution in [2.24, 2.45) is 0 Å². The van der Waals surface area contributed by atoms with Gasteiger partial charge in [-0.25, -0.2) is 0 Å². The molecule has 116 valence electrons. The van der Waals surface area contributed by atoms with Crippen LogP contribution in [-0.4, -0.2) is 36.9 Å². The van der Waals surface area contributed by atoms with Crippen LogP contribution in [-0.2, 0) is 0 Å². The summed E-state index contributed by atoms with van der Waals surface area (Å²) in [5.41, 5.74) is -0.386. The molecule has 1 atom stereocenters. The van der Waals surface area contributed by atoms with E-state index in [-0.39, 0.29) is 5.78 Å². The van der Waals surface area contributed by atoms with E-state index in [0.29, 0.717) is 22.9 Å². The van der Waals surface area contributed by atoms with Crippen molar-refractivity contribution in [3.05, 3.63) is 65.2 Å². The smallest absolute Gasteiger partial charge is 0.207 e. The minimum absolute atomic E-state index is 0.0679. The van der Waals surface area contributed by atoms with Crippen LogP contribution in [0, 0.1) is 0 Å². The summed E-state index contributed by atoms with van der Waals surface area (Å²) in [5, 5.41) is 0.606. The lowest BCUT2D eigenvalue weighted by Crippen LogP contribution is -2.49. The van der Waals surface area contributed by atoms with Crippen molar-refractivity contribution < 1.29 is 9.53 Å². The van der Waals surface area contributed by atoms with Crippen LogP contribution in [0.25, 0.3) is 0 Å². The summed E-state index contributed by atoms with van der Waals surface area (Å²) >= 11 is 5.89. The lowest BCUT2D eigenvalue weighted by atomic mass is 9.93. The number of hydrogen-bond donors (Lipinski definition) is 0. The summed E-state index contributed by atoms with van der Waals surface area (Å²) in [4.78, 5) is 14.9. The van der Waals surface area contributed by atoms with Crippen LogP contribution in [0.2, 0.25) is 5.02 Å². The van der Waals surface area contributed by atoms with Crippen LogP contribution in [0.4, 0.5) is 0 Å². The van der Waals surface area contributed by atoms with Crippen molar-refractivity contribution in [2.75, 3.05) is 20.6 Å². The molecule has 2 rings (SSSR count). The van der Waals surface area contributed by atoms with E-state index in [1.54, 1.807) is 24.3 Å². The number of rotatable bonds is 6. The maximum absolute atomic E-state index is 12.9. The number of benzene rings is 2. The molecule has 0 aliphatic carbocycles. The molecule has 3 nitrogen and oxygen atoms in total. The number of carbonyl (C=O) groups is 1. The highest BCUT2D eigenvalue weighted by Crippen LogP contribution is 2.24. The first-order chi connectivity index (χ1) is 10.4. The van der Waals surface area contributed by atoms with Crippen molar-refractivity contribution in [3.63, 3.8) is 0 Å². The van der Waals surface area contributed by atoms with E-state index in [9.17, 15) is 4.79 Å². The highest BCUT2D eigenvalue weighted by atomic mass is 35.5. The topological polar surface area (TPSA) is 29.5 Å². The molecule has 2 aromatic carbocycles. The highest BCUT2D eigenvalue weighted by molar-refractivity contribution is 6.30. The van der Waals surface area contributed by atoms with E-state index in [1.807, 2.05) is 56.3 Å². The van der Waals surface area contributed by atoms with Gasteiger partial charge in [0.05, 0.1) is 0 Å². The average Bonchev–Trinajstić information content (AvgIpc) is 2.47. The van der Waals surface area contributed by atoms with Crippen molar-refractivity contribution in [1.82, 2.24) is 4.90 Å². The molecular weight excluding hydrogens is 298 g/mol. The second kappa shape index (κ2) is 6.95. The normalized spacial score (nSPS) is 13.7. The maximum Gasteiger partial charge on any atom is 0.207 e. The monoisotopic (exact) mass is 317 g/mol. The van der Waals surface area contributed by atoms with Crippen molar-refractivity contribution >= 4 is 17.4 Å². The third-order valence-electron chi connectivity index (χ3n) is 3.29. The first-order valence-electron chi connectivity index (χ1n) is 7.10. The van der Waals surface area contributed by atoms with Crippen molar-refractivity contribution in [1.29, 1.82) is 0 Å². The number of nitrogens with zero attached hydrogens (tertiary/aromatic N) is 1. The third-order valence-corrected chi connectivity index (χ3v) is 3.54. The zero-order valence-electron chi connectivity index (χ0n) is 13.0. The summed E-state index contributed by atoms with van der Waals surface area (Å²) in [6, 6.07) is 16.3. The van der Waals surface area contributed by atoms with E-state index in [1.165, 1.54) is 0 Å². The molecule has 0 saturated heterocycles. The Hall–Kier alpha value is -1.84. The summed E-state index contributed by atoms with van der Waals surface area (Å²) in [6.07, 6.45) is 0. The molecule has 0 bridgehead atoms. The predicted molar refractivity (Wildman–Crippen MR) is 89.8 cm³/mol. The lowest BCUT2D eigenvalue weighted by molar-refractivity contribution is 0.0412. The quantitative estimate of drug-likeness (QED) is 0.756. The molecule has 2 aromatic rings. The van der Waals surface area contributed by atoms with Gasteiger partial charge in [-0.3, -0.25) is 4.79 Å². The third kappa shape index (κ3) is 4.09. The highest BCUT2D eigenvalue weighted by Gasteiger charge is 2.37. The molecular formula is C18H20ClNO2. The van der Waals surface area contributed by atoms with E-state index >= 15 is 0 Å². The number of ketones is 1. The van der Waals surface area contributed by atoms with E-state index in [4.69, 9.17) is 16.3 Å². The molecule has 0 N–H and O–H groups in total. The number of Topliss-reactive ketones (excluding diaryl/α,β-unsaturated/α-hetero) is 1. The van der Waals surface area contributed by atoms with Crippen molar-refractivity contribution in [3.8, 4) is 5.75 Å². The molecule has 4 heteroatoms. The molecule has 0 saturated carbocycles. The zero-order chi connectivity index (χ0) is 16.2. The first-order valence-corrected chi connectivity index (χ1v) is 7.48. The molecule has 0 fully saturated rings. The Morgan fingerprint density at radius 3 is 2.23 bits per heavy atom. The van der Waals surface area contributed by atoms with E-state index in [0.717, 1.165) is 0 Å². The Bertz CT molecular complexity index is 625. The van der Waals surface area contributed by atoms with Crippen LogP contribution in [0.3, 0.4) is 0 Å². The van der Waals surface area contributed by atoms with Gasteiger partial charge in [-0.2, -0.15) is 0 Å². The SMILES string of the molecule is CN(C)CC(C)(Oc1ccccc1)C(=O)c1ccc(Cl)cc1. The Morgan fingerprint density at radius 2 is 1.68 bits per heavy atom. The minimum Gasteiger partial charge on any atom is -0.478 e. The van der Waals surface area contributed by atoms with Gasteiger partial charge < -0.3 is 9.64 Å². The molecule has 0 radical (unpaired) electrons. The van der Waals surface area contributed by atoms with Gasteiger partial charge in [0.15, 0.2) is 5.60 Å². The molecule has 0 heterocycles. The Labute approximate surface area is 136 Å². The molecule has 0 aliphatic rings. The number of hydrogen-bond acceptors (Lipinski definition) is 3. The summed E-state index contributed by atoms with van der Waals surface area (Å²) in [7, 11) is 3.84. The van der Waals surface area contributed by atoms with Gasteiger partial charge in [0.2, 0.25) is 5.78 Å². The molecule has 0 spiro atoms. The fourth-order valence-electron chi connectivity index (χ4n) is 2.41. The largest absolute Gasteiger partial charge is 0.478 e. The number of para-hydroxylation sites is 1. The zero-order valence-corrected chi connectivity index (χ0v) is 13.8. The van der Waals surface area contributed by atoms with Crippen molar-refractivity contribution in [2.45, 2.75) is 12.5 Å². The second-order valence-corrected chi connectivity index (χ2v) is 6.16. The van der Waals surface area contributed by atoms with E-state index < -0.39 is 5.60 Å². The van der Waals surface area contributed by atoms with Gasteiger partial charge in [-0.1, -0.05) is 29.8 Å². The van der Waals surface area contributed by atoms with Crippen LogP contribution in [0.5, 0.6) is 5.75 Å². The van der Waals surface area contributed by atoms with E-state index in [2.05, 4.69) is 0 Å². The second-order valence-electron chi connectivity index (χ2n) is 5.72. The molecule has 1 unspecified atom stereocenters. The molecule has 0 aliphatic heterocycles. The van der Waals surface area contributed by atoms with Gasteiger partial charge in [0.1, 0.15) is 5.75 Å². The van der Waals surface area contributed by atoms with Gasteiger partial charge in [0.25, 0.3) is 0 Å². The number of likely N-dealkylation sites (N-methyl/N-ethyl adjacent to an activating group) is 1. The van der Waals surface area contributed by atoms with Crippen LogP contribution in [0.15, 0.2) is 54.6 Å². The fraction of sp³-hybridized carbons (Fsp3) is 0.278. The van der Waals surface area contributed by atoms with Gasteiger partial charge in [-0.05, 0) is 57.4 Å². The van der Waals surface area contributed by atoms with Crippen LogP contribution >= 0.6 is 11.6 Å². The minimum atomic E-state index is -0.974. The summed E-state index contributed by atoms with van der Waals surface area (Å²) < 4.78 is 6.04. The maximum atomic E-state index is 12.9. The first kappa shape index (κ1) is 16.5. The summed E-state index contributed by atoms with van der Waals surface area (Å²) in [6.45, 7) is 2.29. The molecule has 0 aromatic heterocycles. The Morgan fingerprint density at radius 1 is 1.09 bits per heavy atom. The lowest BCUT2D eigenvalue weighted by Gasteiger charge is -2.32. The number of halogens is 1. The number of ether oxygens (including phenoxy) is 1. The standard InChI is InChI=1S/C18H20ClNO2/c1-18(13-20(2)3,22-16-7-5-4-6-8-16)17(21)14-9-11-15(19)12-10-14/h4-12H,13H2,1-3H3. The van der Waals surface area contributed by atoms with Gasteiger partial charge >= 0.3 is 0 Å². The summed E-state index contributed by atoms with van der Waals surface area (Å²) in [5.74, 6) is 0.607. The molecule has 0 amide bonds. The molecule has 22 heavy (non-hydrogen) atoms. The average molecular weight is 318 g/mol. The van der Waals surface area contributed by atoms with Crippen LogP contribution in [0.1, 0.15) is 17.3 Å². The Balaban J connectivity index is 2.31.